The van der Waals surface area contributed by atoms with Crippen LogP contribution in [-0.4, -0.2) is 25.1 Å². The van der Waals surface area contributed by atoms with Gasteiger partial charge in [-0.05, 0) is 54.6 Å². The monoisotopic (exact) mass is 486 g/mol. The first-order valence-corrected chi connectivity index (χ1v) is 11.7. The number of anilines is 1. The molecule has 0 aliphatic carbocycles. The molecule has 176 valence electrons. The first-order chi connectivity index (χ1) is 17.2. The molecule has 0 aliphatic rings. The van der Waals surface area contributed by atoms with Crippen LogP contribution in [0.15, 0.2) is 89.5 Å². The number of amides is 1. The Morgan fingerprint density at radius 3 is 2.43 bits per heavy atom. The first-order valence-electron chi connectivity index (χ1n) is 10.8. The number of aromatic nitrogens is 1. The topological polar surface area (TPSA) is 74.0 Å². The van der Waals surface area contributed by atoms with E-state index >= 15 is 0 Å². The summed E-state index contributed by atoms with van der Waals surface area (Å²) in [6.45, 7) is 0.208. The SMILES string of the molecule is COc1ccc(OC)c2sc(N(Cc3ccco3)C(=O)c3cccc(Oc4ccccc4)c3)nc12. The van der Waals surface area contributed by atoms with Crippen molar-refractivity contribution in [2.45, 2.75) is 6.54 Å². The number of methoxy groups -OCH3 is 2. The fourth-order valence-corrected chi connectivity index (χ4v) is 4.72. The zero-order chi connectivity index (χ0) is 24.2. The van der Waals surface area contributed by atoms with E-state index in [2.05, 4.69) is 0 Å². The lowest BCUT2D eigenvalue weighted by molar-refractivity contribution is 0.0983. The van der Waals surface area contributed by atoms with E-state index in [1.807, 2.05) is 48.5 Å². The van der Waals surface area contributed by atoms with E-state index in [4.69, 9.17) is 23.6 Å². The predicted octanol–water partition coefficient (Wildman–Crippen LogP) is 6.55. The van der Waals surface area contributed by atoms with Crippen molar-refractivity contribution in [1.29, 1.82) is 0 Å². The van der Waals surface area contributed by atoms with Crippen LogP contribution in [0.25, 0.3) is 10.2 Å². The van der Waals surface area contributed by atoms with Crippen LogP contribution in [0.4, 0.5) is 5.13 Å². The number of para-hydroxylation sites is 1. The third-order valence-corrected chi connectivity index (χ3v) is 6.42. The third kappa shape index (κ3) is 4.69. The Morgan fingerprint density at radius 1 is 0.914 bits per heavy atom. The molecular formula is C27H22N2O5S. The van der Waals surface area contributed by atoms with E-state index in [1.165, 1.54) is 11.3 Å². The van der Waals surface area contributed by atoms with Gasteiger partial charge in [0.05, 0.1) is 27.0 Å². The van der Waals surface area contributed by atoms with Gasteiger partial charge in [-0.15, -0.1) is 0 Å². The van der Waals surface area contributed by atoms with Crippen molar-refractivity contribution >= 4 is 32.6 Å². The summed E-state index contributed by atoms with van der Waals surface area (Å²) in [7, 11) is 3.19. The molecule has 5 aromatic rings. The molecule has 8 heteroatoms. The first kappa shape index (κ1) is 22.5. The fraction of sp³-hybridized carbons (Fsp3) is 0.111. The number of hydrogen-bond donors (Lipinski definition) is 0. The minimum Gasteiger partial charge on any atom is -0.495 e. The number of nitrogens with zero attached hydrogens (tertiary/aromatic N) is 2. The largest absolute Gasteiger partial charge is 0.495 e. The molecule has 0 saturated carbocycles. The molecule has 5 rings (SSSR count). The standard InChI is InChI=1S/C27H22N2O5S/c1-31-22-13-14-23(32-2)25-24(22)28-27(35-25)29(17-21-12-7-15-33-21)26(30)18-8-6-11-20(16-18)34-19-9-4-3-5-10-19/h3-16H,17H2,1-2H3. The van der Waals surface area contributed by atoms with Crippen LogP contribution in [0.2, 0.25) is 0 Å². The second kappa shape index (κ2) is 9.90. The summed E-state index contributed by atoms with van der Waals surface area (Å²) in [5.74, 6) is 2.91. The summed E-state index contributed by atoms with van der Waals surface area (Å²) in [4.78, 5) is 20.1. The molecule has 35 heavy (non-hydrogen) atoms. The number of hydrogen-bond acceptors (Lipinski definition) is 7. The number of benzene rings is 3. The highest BCUT2D eigenvalue weighted by Crippen LogP contribution is 2.41. The zero-order valence-electron chi connectivity index (χ0n) is 19.1. The molecule has 7 nitrogen and oxygen atoms in total. The molecule has 3 aromatic carbocycles. The minimum atomic E-state index is -0.239. The Kier molecular flexibility index (Phi) is 6.36. The number of carbonyl (C=O) groups excluding carboxylic acids is 1. The summed E-state index contributed by atoms with van der Waals surface area (Å²) in [5, 5.41) is 0.499. The van der Waals surface area contributed by atoms with Crippen LogP contribution >= 0.6 is 11.3 Å². The molecule has 0 bridgehead atoms. The van der Waals surface area contributed by atoms with Gasteiger partial charge in [0, 0.05) is 5.56 Å². The van der Waals surface area contributed by atoms with Gasteiger partial charge in [-0.2, -0.15) is 0 Å². The van der Waals surface area contributed by atoms with Gasteiger partial charge in [-0.25, -0.2) is 4.98 Å². The van der Waals surface area contributed by atoms with Gasteiger partial charge in [0.1, 0.15) is 39.0 Å². The Labute approximate surface area is 206 Å². The second-order valence-electron chi connectivity index (χ2n) is 7.56. The molecule has 0 fully saturated rings. The maximum atomic E-state index is 13.8. The minimum absolute atomic E-state index is 0.208. The number of furan rings is 1. The van der Waals surface area contributed by atoms with Crippen molar-refractivity contribution in [2.75, 3.05) is 19.1 Å². The number of rotatable bonds is 8. The number of carbonyl (C=O) groups is 1. The van der Waals surface area contributed by atoms with Gasteiger partial charge in [0.2, 0.25) is 0 Å². The van der Waals surface area contributed by atoms with Crippen molar-refractivity contribution in [3.8, 4) is 23.0 Å². The third-order valence-electron chi connectivity index (χ3n) is 5.33. The molecule has 0 N–H and O–H groups in total. The maximum Gasteiger partial charge on any atom is 0.260 e. The van der Waals surface area contributed by atoms with Gasteiger partial charge in [-0.1, -0.05) is 35.6 Å². The van der Waals surface area contributed by atoms with Crippen molar-refractivity contribution in [3.63, 3.8) is 0 Å². The highest BCUT2D eigenvalue weighted by molar-refractivity contribution is 7.22. The van der Waals surface area contributed by atoms with E-state index in [-0.39, 0.29) is 12.5 Å². The second-order valence-corrected chi connectivity index (χ2v) is 8.54. The molecule has 0 aliphatic heterocycles. The predicted molar refractivity (Wildman–Crippen MR) is 135 cm³/mol. The van der Waals surface area contributed by atoms with E-state index in [1.54, 1.807) is 55.7 Å². The summed E-state index contributed by atoms with van der Waals surface area (Å²) in [5.41, 5.74) is 1.09. The Bertz CT molecular complexity index is 1410. The van der Waals surface area contributed by atoms with Crippen LogP contribution in [0, 0.1) is 0 Å². The van der Waals surface area contributed by atoms with Crippen LogP contribution in [-0.2, 0) is 6.54 Å². The summed E-state index contributed by atoms with van der Waals surface area (Å²) >= 11 is 1.35. The quantitative estimate of drug-likeness (QED) is 0.248. The molecule has 1 amide bonds. The number of thiazole rings is 1. The molecule has 0 saturated heterocycles. The Morgan fingerprint density at radius 2 is 1.69 bits per heavy atom. The average molecular weight is 487 g/mol. The van der Waals surface area contributed by atoms with E-state index in [9.17, 15) is 4.79 Å². The molecule has 2 heterocycles. The van der Waals surface area contributed by atoms with Crippen molar-refractivity contribution in [1.82, 2.24) is 4.98 Å². The lowest BCUT2D eigenvalue weighted by Gasteiger charge is -2.19. The molecule has 2 aromatic heterocycles. The lowest BCUT2D eigenvalue weighted by atomic mass is 10.2. The Hall–Kier alpha value is -4.30. The molecule has 0 spiro atoms. The van der Waals surface area contributed by atoms with Gasteiger partial charge in [0.15, 0.2) is 5.13 Å². The van der Waals surface area contributed by atoms with Crippen molar-refractivity contribution in [3.05, 3.63) is 96.4 Å². The van der Waals surface area contributed by atoms with Crippen molar-refractivity contribution < 1.29 is 23.4 Å². The van der Waals surface area contributed by atoms with Crippen LogP contribution < -0.4 is 19.1 Å². The summed E-state index contributed by atoms with van der Waals surface area (Å²) in [6, 6.07) is 23.7. The van der Waals surface area contributed by atoms with Gasteiger partial charge < -0.3 is 18.6 Å². The van der Waals surface area contributed by atoms with Gasteiger partial charge in [-0.3, -0.25) is 9.69 Å². The van der Waals surface area contributed by atoms with Gasteiger partial charge >= 0.3 is 0 Å². The number of fused-ring (bicyclic) bond motifs is 1. The molecule has 0 atom stereocenters. The fourth-order valence-electron chi connectivity index (χ4n) is 3.65. The summed E-state index contributed by atoms with van der Waals surface area (Å²) < 4.78 is 23.3. The molecule has 0 unspecified atom stereocenters. The van der Waals surface area contributed by atoms with Crippen molar-refractivity contribution in [2.24, 2.45) is 0 Å². The Balaban J connectivity index is 1.54. The average Bonchev–Trinajstić information content (AvgIpc) is 3.57. The normalized spacial score (nSPS) is 10.8. The maximum absolute atomic E-state index is 13.8. The van der Waals surface area contributed by atoms with E-state index < -0.39 is 0 Å². The smallest absolute Gasteiger partial charge is 0.260 e. The molecule has 0 radical (unpaired) electrons. The van der Waals surface area contributed by atoms with E-state index in [0.717, 1.165) is 4.70 Å². The molecular weight excluding hydrogens is 464 g/mol. The van der Waals surface area contributed by atoms with Gasteiger partial charge in [0.25, 0.3) is 5.91 Å². The van der Waals surface area contributed by atoms with E-state index in [0.29, 0.717) is 45.0 Å². The zero-order valence-corrected chi connectivity index (χ0v) is 20.0. The summed E-state index contributed by atoms with van der Waals surface area (Å²) in [6.07, 6.45) is 1.58. The van der Waals surface area contributed by atoms with Crippen LogP contribution in [0.5, 0.6) is 23.0 Å². The van der Waals surface area contributed by atoms with Crippen LogP contribution in [0.3, 0.4) is 0 Å². The lowest BCUT2D eigenvalue weighted by Crippen LogP contribution is -2.30. The number of ether oxygens (including phenoxy) is 3. The highest BCUT2D eigenvalue weighted by Gasteiger charge is 2.25. The van der Waals surface area contributed by atoms with Crippen LogP contribution in [0.1, 0.15) is 16.1 Å². The highest BCUT2D eigenvalue weighted by atomic mass is 32.1.